The van der Waals surface area contributed by atoms with Gasteiger partial charge in [-0.2, -0.15) is 0 Å². The number of likely N-dealkylation sites (tertiary alicyclic amines) is 1. The van der Waals surface area contributed by atoms with Gasteiger partial charge in [-0.15, -0.1) is 0 Å². The van der Waals surface area contributed by atoms with E-state index >= 15 is 0 Å². The third-order valence-electron chi connectivity index (χ3n) is 5.74. The van der Waals surface area contributed by atoms with Crippen molar-refractivity contribution >= 4 is 23.2 Å². The lowest BCUT2D eigenvalue weighted by molar-refractivity contribution is -0.384. The van der Waals surface area contributed by atoms with Crippen LogP contribution in [0.3, 0.4) is 0 Å². The highest BCUT2D eigenvalue weighted by Crippen LogP contribution is 2.35. The predicted molar refractivity (Wildman–Crippen MR) is 114 cm³/mol. The maximum absolute atomic E-state index is 13.4. The first-order chi connectivity index (χ1) is 15.8. The van der Waals surface area contributed by atoms with Gasteiger partial charge in [-0.25, -0.2) is 8.78 Å². The van der Waals surface area contributed by atoms with Crippen LogP contribution in [0.25, 0.3) is 0 Å². The van der Waals surface area contributed by atoms with Crippen molar-refractivity contribution in [1.29, 1.82) is 0 Å². The number of nitro groups is 1. The Bertz CT molecular complexity index is 1090. The summed E-state index contributed by atoms with van der Waals surface area (Å²) < 4.78 is 31.8. The summed E-state index contributed by atoms with van der Waals surface area (Å²) in [6.45, 7) is 1.28. The molecule has 0 radical (unpaired) electrons. The quantitative estimate of drug-likeness (QED) is 0.524. The first-order valence-corrected chi connectivity index (χ1v) is 10.5. The summed E-state index contributed by atoms with van der Waals surface area (Å²) >= 11 is 0. The zero-order valence-corrected chi connectivity index (χ0v) is 17.6. The second-order valence-corrected chi connectivity index (χ2v) is 8.04. The average Bonchev–Trinajstić information content (AvgIpc) is 2.79. The molecule has 2 aromatic carbocycles. The fourth-order valence-corrected chi connectivity index (χ4v) is 4.03. The number of fused-ring (bicyclic) bond motifs is 1. The van der Waals surface area contributed by atoms with E-state index in [1.165, 1.54) is 29.2 Å². The number of rotatable bonds is 6. The van der Waals surface area contributed by atoms with Crippen LogP contribution >= 0.6 is 0 Å². The molecule has 0 unspecified atom stereocenters. The zero-order chi connectivity index (χ0) is 23.5. The summed E-state index contributed by atoms with van der Waals surface area (Å²) in [5.41, 5.74) is 0.665. The first-order valence-electron chi connectivity index (χ1n) is 10.5. The van der Waals surface area contributed by atoms with Crippen molar-refractivity contribution in [3.05, 3.63) is 63.7 Å². The molecule has 1 fully saturated rings. The van der Waals surface area contributed by atoms with Crippen LogP contribution in [0.2, 0.25) is 0 Å². The zero-order valence-electron chi connectivity index (χ0n) is 17.6. The number of carbonyl (C=O) groups excluding carboxylic acids is 2. The van der Waals surface area contributed by atoms with Gasteiger partial charge in [0.15, 0.2) is 18.2 Å². The molecule has 1 N–H and O–H groups in total. The minimum atomic E-state index is -0.879. The van der Waals surface area contributed by atoms with Crippen LogP contribution < -0.4 is 15.0 Å². The molecule has 4 rings (SSSR count). The van der Waals surface area contributed by atoms with E-state index in [4.69, 9.17) is 4.74 Å². The van der Waals surface area contributed by atoms with Gasteiger partial charge >= 0.3 is 0 Å². The molecule has 2 heterocycles. The maximum atomic E-state index is 13.4. The van der Waals surface area contributed by atoms with Crippen molar-refractivity contribution in [2.75, 3.05) is 31.1 Å². The first kappa shape index (κ1) is 22.6. The molecule has 174 valence electrons. The van der Waals surface area contributed by atoms with Crippen LogP contribution in [0, 0.1) is 21.7 Å². The van der Waals surface area contributed by atoms with E-state index in [-0.39, 0.29) is 36.5 Å². The molecule has 1 saturated heterocycles. The molecule has 0 atom stereocenters. The molecule has 2 aromatic rings. The van der Waals surface area contributed by atoms with E-state index in [0.717, 1.165) is 6.07 Å². The molecule has 9 nitrogen and oxygen atoms in total. The number of nitro benzene ring substituents is 1. The standard InChI is InChI=1S/C22H22F2N4O5/c23-17-3-1-14(9-18(17)24)11-26-7-5-15(6-8-26)25-21(29)12-27-19-10-16(28(31)32)2-4-20(19)33-13-22(27)30/h1-4,9-10,15H,5-8,11-13H2,(H,25,29). The van der Waals surface area contributed by atoms with Gasteiger partial charge in [0.25, 0.3) is 11.6 Å². The van der Waals surface area contributed by atoms with Gasteiger partial charge in [0.2, 0.25) is 5.91 Å². The number of amides is 2. The van der Waals surface area contributed by atoms with Gasteiger partial charge in [-0.1, -0.05) is 6.07 Å². The smallest absolute Gasteiger partial charge is 0.271 e. The third kappa shape index (κ3) is 5.25. The predicted octanol–water partition coefficient (Wildman–Crippen LogP) is 2.38. The molecule has 0 saturated carbocycles. The summed E-state index contributed by atoms with van der Waals surface area (Å²) in [7, 11) is 0. The minimum absolute atomic E-state index is 0.0978. The van der Waals surface area contributed by atoms with Crippen LogP contribution in [0.15, 0.2) is 36.4 Å². The molecule has 2 aliphatic heterocycles. The van der Waals surface area contributed by atoms with Crippen LogP contribution in [-0.4, -0.2) is 53.9 Å². The molecular weight excluding hydrogens is 438 g/mol. The van der Waals surface area contributed by atoms with Gasteiger partial charge in [0, 0.05) is 37.8 Å². The Morgan fingerprint density at radius 2 is 1.91 bits per heavy atom. The highest BCUT2D eigenvalue weighted by atomic mass is 19.2. The van der Waals surface area contributed by atoms with Crippen LogP contribution in [0.4, 0.5) is 20.2 Å². The summed E-state index contributed by atoms with van der Waals surface area (Å²) in [6.07, 6.45) is 1.32. The summed E-state index contributed by atoms with van der Waals surface area (Å²) in [6, 6.07) is 7.65. The second-order valence-electron chi connectivity index (χ2n) is 8.04. The molecule has 0 spiro atoms. The van der Waals surface area contributed by atoms with Crippen LogP contribution in [0.1, 0.15) is 18.4 Å². The third-order valence-corrected chi connectivity index (χ3v) is 5.74. The Kier molecular flexibility index (Phi) is 6.50. The largest absolute Gasteiger partial charge is 0.482 e. The lowest BCUT2D eigenvalue weighted by Crippen LogP contribution is -2.49. The summed E-state index contributed by atoms with van der Waals surface area (Å²) in [5, 5.41) is 14.0. The Labute approximate surface area is 188 Å². The van der Waals surface area contributed by atoms with Crippen molar-refractivity contribution in [3.63, 3.8) is 0 Å². The topological polar surface area (TPSA) is 105 Å². The fourth-order valence-electron chi connectivity index (χ4n) is 4.03. The number of nitrogens with zero attached hydrogens (tertiary/aromatic N) is 3. The van der Waals surface area contributed by atoms with Gasteiger partial charge in [0.1, 0.15) is 12.3 Å². The van der Waals surface area contributed by atoms with Crippen molar-refractivity contribution in [2.24, 2.45) is 0 Å². The van der Waals surface area contributed by atoms with Crippen molar-refractivity contribution in [1.82, 2.24) is 10.2 Å². The van der Waals surface area contributed by atoms with Gasteiger partial charge < -0.3 is 10.1 Å². The highest BCUT2D eigenvalue weighted by Gasteiger charge is 2.30. The number of benzene rings is 2. The second kappa shape index (κ2) is 9.49. The Balaban J connectivity index is 1.32. The molecular formula is C22H22F2N4O5. The lowest BCUT2D eigenvalue weighted by Gasteiger charge is -2.33. The number of anilines is 1. The van der Waals surface area contributed by atoms with E-state index in [0.29, 0.717) is 43.8 Å². The number of non-ortho nitro benzene ring substituents is 1. The molecule has 11 heteroatoms. The Morgan fingerprint density at radius 1 is 1.15 bits per heavy atom. The SMILES string of the molecule is O=C(CN1C(=O)COc2ccc([N+](=O)[O-])cc21)NC1CCN(Cc2ccc(F)c(F)c2)CC1. The Morgan fingerprint density at radius 3 is 2.61 bits per heavy atom. The fraction of sp³-hybridized carbons (Fsp3) is 0.364. The number of nitrogens with one attached hydrogen (secondary N) is 1. The number of hydrogen-bond donors (Lipinski definition) is 1. The van der Waals surface area contributed by atoms with E-state index in [2.05, 4.69) is 10.2 Å². The maximum Gasteiger partial charge on any atom is 0.271 e. The monoisotopic (exact) mass is 460 g/mol. The van der Waals surface area contributed by atoms with E-state index in [9.17, 15) is 28.5 Å². The van der Waals surface area contributed by atoms with Crippen molar-refractivity contribution in [3.8, 4) is 5.75 Å². The molecule has 0 bridgehead atoms. The number of ether oxygens (including phenoxy) is 1. The van der Waals surface area contributed by atoms with Crippen LogP contribution in [-0.2, 0) is 16.1 Å². The molecule has 2 amide bonds. The highest BCUT2D eigenvalue weighted by molar-refractivity contribution is 6.02. The van der Waals surface area contributed by atoms with Gasteiger partial charge in [0.05, 0.1) is 10.6 Å². The number of carbonyl (C=O) groups is 2. The molecule has 0 aliphatic carbocycles. The van der Waals surface area contributed by atoms with E-state index in [1.54, 1.807) is 6.07 Å². The number of halogens is 2. The number of piperidine rings is 1. The average molecular weight is 460 g/mol. The lowest BCUT2D eigenvalue weighted by atomic mass is 10.0. The molecule has 0 aromatic heterocycles. The molecule has 2 aliphatic rings. The van der Waals surface area contributed by atoms with Crippen molar-refractivity contribution < 1.29 is 28.0 Å². The van der Waals surface area contributed by atoms with E-state index in [1.807, 2.05) is 0 Å². The Hall–Kier alpha value is -3.60. The number of hydrogen-bond acceptors (Lipinski definition) is 6. The minimum Gasteiger partial charge on any atom is -0.482 e. The van der Waals surface area contributed by atoms with Gasteiger partial charge in [-0.3, -0.25) is 29.5 Å². The van der Waals surface area contributed by atoms with Crippen molar-refractivity contribution in [2.45, 2.75) is 25.4 Å². The normalized spacial score (nSPS) is 16.8. The summed E-state index contributed by atoms with van der Waals surface area (Å²) in [4.78, 5) is 38.7. The molecule has 33 heavy (non-hydrogen) atoms. The van der Waals surface area contributed by atoms with E-state index < -0.39 is 22.5 Å². The van der Waals surface area contributed by atoms with Crippen LogP contribution in [0.5, 0.6) is 5.75 Å². The summed E-state index contributed by atoms with van der Waals surface area (Å²) in [5.74, 6) is -2.28. The van der Waals surface area contributed by atoms with Gasteiger partial charge in [-0.05, 0) is 36.6 Å².